The maximum absolute atomic E-state index is 3.72. The quantitative estimate of drug-likeness (QED) is 0.731. The third-order valence-electron chi connectivity index (χ3n) is 3.65. The minimum atomic E-state index is 0.340. The third-order valence-corrected chi connectivity index (χ3v) is 4.15. The summed E-state index contributed by atoms with van der Waals surface area (Å²) in [5.74, 6) is 0. The van der Waals surface area contributed by atoms with Gasteiger partial charge in [-0.1, -0.05) is 52.7 Å². The van der Waals surface area contributed by atoms with E-state index in [1.165, 1.54) is 27.9 Å². The molecule has 0 heterocycles. The molecule has 0 amide bonds. The van der Waals surface area contributed by atoms with Crippen molar-refractivity contribution < 1.29 is 0 Å². The van der Waals surface area contributed by atoms with E-state index in [1.807, 2.05) is 0 Å². The van der Waals surface area contributed by atoms with E-state index in [1.54, 1.807) is 0 Å². The van der Waals surface area contributed by atoms with Gasteiger partial charge in [0.05, 0.1) is 6.04 Å². The molecule has 20 heavy (non-hydrogen) atoms. The van der Waals surface area contributed by atoms with Crippen LogP contribution in [0.3, 0.4) is 0 Å². The van der Waals surface area contributed by atoms with Gasteiger partial charge < -0.3 is 5.32 Å². The van der Waals surface area contributed by atoms with Crippen LogP contribution in [0.25, 0.3) is 0 Å². The highest BCUT2D eigenvalue weighted by molar-refractivity contribution is 9.10. The molecule has 0 aromatic heterocycles. The van der Waals surface area contributed by atoms with Crippen LogP contribution >= 0.6 is 15.9 Å². The SMILES string of the molecule is CCC(Nc1c(C)cc(C)cc1C)c1cccc(Br)c1. The van der Waals surface area contributed by atoms with E-state index >= 15 is 0 Å². The molecule has 2 aromatic carbocycles. The highest BCUT2D eigenvalue weighted by Crippen LogP contribution is 2.29. The van der Waals surface area contributed by atoms with Crippen LogP contribution in [0.15, 0.2) is 40.9 Å². The van der Waals surface area contributed by atoms with E-state index in [0.717, 1.165) is 10.9 Å². The van der Waals surface area contributed by atoms with Crippen molar-refractivity contribution in [3.05, 3.63) is 63.1 Å². The lowest BCUT2D eigenvalue weighted by Gasteiger charge is -2.22. The zero-order chi connectivity index (χ0) is 14.7. The largest absolute Gasteiger partial charge is 0.378 e. The molecule has 0 fully saturated rings. The van der Waals surface area contributed by atoms with Crippen LogP contribution in [0.4, 0.5) is 5.69 Å². The lowest BCUT2D eigenvalue weighted by atomic mass is 10.0. The van der Waals surface area contributed by atoms with Crippen LogP contribution in [-0.4, -0.2) is 0 Å². The normalized spacial score (nSPS) is 12.2. The maximum atomic E-state index is 3.72. The highest BCUT2D eigenvalue weighted by atomic mass is 79.9. The molecular formula is C18H22BrN. The Balaban J connectivity index is 2.32. The first-order valence-corrected chi connectivity index (χ1v) is 7.90. The predicted octanol–water partition coefficient (Wildman–Crippen LogP) is 5.94. The molecule has 1 N–H and O–H groups in total. The molecule has 0 radical (unpaired) electrons. The van der Waals surface area contributed by atoms with Gasteiger partial charge in [-0.3, -0.25) is 0 Å². The van der Waals surface area contributed by atoms with E-state index < -0.39 is 0 Å². The molecule has 1 nitrogen and oxygen atoms in total. The topological polar surface area (TPSA) is 12.0 Å². The molecule has 0 spiro atoms. The Bertz CT molecular complexity index is 581. The van der Waals surface area contributed by atoms with Gasteiger partial charge in [0.15, 0.2) is 0 Å². The van der Waals surface area contributed by atoms with Gasteiger partial charge in [0.1, 0.15) is 0 Å². The number of anilines is 1. The fraction of sp³-hybridized carbons (Fsp3) is 0.333. The monoisotopic (exact) mass is 331 g/mol. The van der Waals surface area contributed by atoms with Crippen molar-refractivity contribution in [1.29, 1.82) is 0 Å². The molecule has 1 unspecified atom stereocenters. The third kappa shape index (κ3) is 3.43. The molecule has 2 heteroatoms. The first kappa shape index (κ1) is 15.1. The zero-order valence-electron chi connectivity index (χ0n) is 12.6. The van der Waals surface area contributed by atoms with Gasteiger partial charge in [0.25, 0.3) is 0 Å². The summed E-state index contributed by atoms with van der Waals surface area (Å²) in [5.41, 5.74) is 6.54. The highest BCUT2D eigenvalue weighted by Gasteiger charge is 2.12. The van der Waals surface area contributed by atoms with Crippen LogP contribution in [0.5, 0.6) is 0 Å². The first-order valence-electron chi connectivity index (χ1n) is 7.11. The second-order valence-corrected chi connectivity index (χ2v) is 6.35. The summed E-state index contributed by atoms with van der Waals surface area (Å²) in [6.07, 6.45) is 1.06. The molecule has 0 aliphatic carbocycles. The number of benzene rings is 2. The van der Waals surface area contributed by atoms with Crippen molar-refractivity contribution in [3.8, 4) is 0 Å². The van der Waals surface area contributed by atoms with Gasteiger partial charge >= 0.3 is 0 Å². The number of hydrogen-bond acceptors (Lipinski definition) is 1. The van der Waals surface area contributed by atoms with Crippen molar-refractivity contribution in [3.63, 3.8) is 0 Å². The predicted molar refractivity (Wildman–Crippen MR) is 91.4 cm³/mol. The van der Waals surface area contributed by atoms with E-state index in [2.05, 4.69) is 85.3 Å². The summed E-state index contributed by atoms with van der Waals surface area (Å²) < 4.78 is 1.13. The molecule has 106 valence electrons. The Morgan fingerprint density at radius 3 is 2.25 bits per heavy atom. The molecule has 0 aliphatic rings. The summed E-state index contributed by atoms with van der Waals surface area (Å²) in [7, 11) is 0. The van der Waals surface area contributed by atoms with Crippen molar-refractivity contribution in [1.82, 2.24) is 0 Å². The minimum Gasteiger partial charge on any atom is -0.378 e. The van der Waals surface area contributed by atoms with E-state index in [0.29, 0.717) is 6.04 Å². The second kappa shape index (κ2) is 6.45. The Kier molecular flexibility index (Phi) is 4.87. The average Bonchev–Trinajstić information content (AvgIpc) is 2.38. The van der Waals surface area contributed by atoms with Gasteiger partial charge in [0.2, 0.25) is 0 Å². The molecule has 1 atom stereocenters. The number of halogens is 1. The smallest absolute Gasteiger partial charge is 0.0511 e. The summed E-state index contributed by atoms with van der Waals surface area (Å²) in [6, 6.07) is 13.4. The van der Waals surface area contributed by atoms with Crippen LogP contribution < -0.4 is 5.32 Å². The molecular weight excluding hydrogens is 310 g/mol. The lowest BCUT2D eigenvalue weighted by Crippen LogP contribution is -2.11. The van der Waals surface area contributed by atoms with Crippen molar-refractivity contribution >= 4 is 21.6 Å². The van der Waals surface area contributed by atoms with E-state index in [4.69, 9.17) is 0 Å². The summed E-state index contributed by atoms with van der Waals surface area (Å²) in [6.45, 7) is 8.72. The fourth-order valence-corrected chi connectivity index (χ4v) is 3.14. The van der Waals surface area contributed by atoms with E-state index in [9.17, 15) is 0 Å². The first-order chi connectivity index (χ1) is 9.51. The minimum absolute atomic E-state index is 0.340. The standard InChI is InChI=1S/C18H22BrN/c1-5-17(15-7-6-8-16(19)11-15)20-18-13(3)9-12(2)10-14(18)4/h6-11,17,20H,5H2,1-4H3. The van der Waals surface area contributed by atoms with Crippen molar-refractivity contribution in [2.75, 3.05) is 5.32 Å². The molecule has 0 aliphatic heterocycles. The number of nitrogens with one attached hydrogen (secondary N) is 1. The van der Waals surface area contributed by atoms with Crippen LogP contribution in [-0.2, 0) is 0 Å². The molecule has 0 bridgehead atoms. The summed E-state index contributed by atoms with van der Waals surface area (Å²) in [4.78, 5) is 0. The van der Waals surface area contributed by atoms with Gasteiger partial charge in [-0.15, -0.1) is 0 Å². The Labute approximate surface area is 130 Å². The number of rotatable bonds is 4. The molecule has 2 rings (SSSR count). The van der Waals surface area contributed by atoms with E-state index in [-0.39, 0.29) is 0 Å². The van der Waals surface area contributed by atoms with Gasteiger partial charge in [-0.25, -0.2) is 0 Å². The van der Waals surface area contributed by atoms with Crippen molar-refractivity contribution in [2.24, 2.45) is 0 Å². The molecule has 2 aromatic rings. The van der Waals surface area contributed by atoms with Crippen molar-refractivity contribution in [2.45, 2.75) is 40.2 Å². The lowest BCUT2D eigenvalue weighted by molar-refractivity contribution is 0.747. The number of aryl methyl sites for hydroxylation is 3. The Hall–Kier alpha value is -1.28. The van der Waals surface area contributed by atoms with Gasteiger partial charge in [-0.2, -0.15) is 0 Å². The van der Waals surface area contributed by atoms with Crippen LogP contribution in [0.1, 0.15) is 41.6 Å². The zero-order valence-corrected chi connectivity index (χ0v) is 14.2. The van der Waals surface area contributed by atoms with Crippen LogP contribution in [0, 0.1) is 20.8 Å². The Morgan fingerprint density at radius 1 is 1.05 bits per heavy atom. The number of hydrogen-bond donors (Lipinski definition) is 1. The summed E-state index contributed by atoms with van der Waals surface area (Å²) >= 11 is 3.56. The van der Waals surface area contributed by atoms with Gasteiger partial charge in [-0.05, 0) is 56.0 Å². The molecule has 0 saturated heterocycles. The molecule has 0 saturated carbocycles. The fourth-order valence-electron chi connectivity index (χ4n) is 2.73. The van der Waals surface area contributed by atoms with Crippen LogP contribution in [0.2, 0.25) is 0 Å². The Morgan fingerprint density at radius 2 is 1.70 bits per heavy atom. The average molecular weight is 332 g/mol. The second-order valence-electron chi connectivity index (χ2n) is 5.43. The maximum Gasteiger partial charge on any atom is 0.0511 e. The van der Waals surface area contributed by atoms with Gasteiger partial charge in [0, 0.05) is 10.2 Å². The summed E-state index contributed by atoms with van der Waals surface area (Å²) in [5, 5.41) is 3.72.